The third-order valence-corrected chi connectivity index (χ3v) is 6.07. The molecule has 2 heterocycles. The average Bonchev–Trinajstić information content (AvgIpc) is 2.91. The van der Waals surface area contributed by atoms with Crippen LogP contribution in [0.25, 0.3) is 0 Å². The molecule has 0 radical (unpaired) electrons. The van der Waals surface area contributed by atoms with Crippen LogP contribution in [0.4, 0.5) is 0 Å². The van der Waals surface area contributed by atoms with Gasteiger partial charge in [-0.1, -0.05) is 5.16 Å². The Balaban J connectivity index is 2.03. The highest BCUT2D eigenvalue weighted by molar-refractivity contribution is 7.89. The lowest BCUT2D eigenvalue weighted by atomic mass is 10.0. The number of hydrogen-bond acceptors (Lipinski definition) is 7. The monoisotopic (exact) mass is 360 g/mol. The molecule has 2 rings (SSSR count). The van der Waals surface area contributed by atoms with E-state index in [1.165, 1.54) is 4.31 Å². The maximum absolute atomic E-state index is 12.8. The first-order valence-corrected chi connectivity index (χ1v) is 9.49. The molecular formula is C15H24N2O6S. The first-order chi connectivity index (χ1) is 11.4. The second-order valence-corrected chi connectivity index (χ2v) is 7.59. The van der Waals surface area contributed by atoms with Crippen LogP contribution in [0.3, 0.4) is 0 Å². The Bertz CT molecular complexity index is 650. The molecule has 1 unspecified atom stereocenters. The molecule has 1 fully saturated rings. The largest absolute Gasteiger partial charge is 0.463 e. The van der Waals surface area contributed by atoms with E-state index in [-0.39, 0.29) is 29.8 Å². The minimum Gasteiger partial charge on any atom is -0.463 e. The van der Waals surface area contributed by atoms with Gasteiger partial charge < -0.3 is 14.0 Å². The zero-order chi connectivity index (χ0) is 17.7. The number of hydrogen-bond donors (Lipinski definition) is 0. The SMILES string of the molecule is CCOCCOC(=O)C1CCCN(S(=O)(=O)c2c(C)noc2C)C1. The Hall–Kier alpha value is -1.45. The van der Waals surface area contributed by atoms with Crippen molar-refractivity contribution in [3.8, 4) is 0 Å². The average molecular weight is 360 g/mol. The summed E-state index contributed by atoms with van der Waals surface area (Å²) in [6.07, 6.45) is 1.22. The number of carbonyl (C=O) groups excluding carboxylic acids is 1. The van der Waals surface area contributed by atoms with Gasteiger partial charge in [-0.3, -0.25) is 4.79 Å². The molecule has 0 aromatic carbocycles. The summed E-state index contributed by atoms with van der Waals surface area (Å²) in [6.45, 7) is 6.58. The van der Waals surface area contributed by atoms with Crippen molar-refractivity contribution in [1.82, 2.24) is 9.46 Å². The lowest BCUT2D eigenvalue weighted by molar-refractivity contribution is -0.151. The summed E-state index contributed by atoms with van der Waals surface area (Å²) >= 11 is 0. The van der Waals surface area contributed by atoms with E-state index in [4.69, 9.17) is 14.0 Å². The van der Waals surface area contributed by atoms with E-state index in [9.17, 15) is 13.2 Å². The van der Waals surface area contributed by atoms with Crippen molar-refractivity contribution >= 4 is 16.0 Å². The summed E-state index contributed by atoms with van der Waals surface area (Å²) in [5, 5.41) is 3.70. The second kappa shape index (κ2) is 8.09. The fourth-order valence-electron chi connectivity index (χ4n) is 2.79. The van der Waals surface area contributed by atoms with Gasteiger partial charge in [-0.2, -0.15) is 4.31 Å². The molecular weight excluding hydrogens is 336 g/mol. The van der Waals surface area contributed by atoms with Crippen molar-refractivity contribution in [3.63, 3.8) is 0 Å². The molecule has 0 spiro atoms. The van der Waals surface area contributed by atoms with Gasteiger partial charge in [0.15, 0.2) is 5.76 Å². The Morgan fingerprint density at radius 3 is 2.75 bits per heavy atom. The quantitative estimate of drug-likeness (QED) is 0.533. The molecule has 0 amide bonds. The molecule has 1 aliphatic rings. The van der Waals surface area contributed by atoms with Gasteiger partial charge in [0.2, 0.25) is 10.0 Å². The first kappa shape index (κ1) is 18.9. The third-order valence-electron chi connectivity index (χ3n) is 3.96. The summed E-state index contributed by atoms with van der Waals surface area (Å²) in [5.41, 5.74) is 0.328. The van der Waals surface area contributed by atoms with Crippen LogP contribution in [0.2, 0.25) is 0 Å². The molecule has 0 N–H and O–H groups in total. The van der Waals surface area contributed by atoms with Crippen LogP contribution >= 0.6 is 0 Å². The van der Waals surface area contributed by atoms with E-state index in [0.717, 1.165) is 0 Å². The summed E-state index contributed by atoms with van der Waals surface area (Å²) in [5.74, 6) is -0.585. The predicted octanol–water partition coefficient (Wildman–Crippen LogP) is 1.27. The number of aryl methyl sites for hydroxylation is 2. The number of rotatable bonds is 7. The number of ether oxygens (including phenoxy) is 2. The molecule has 1 aromatic rings. The Morgan fingerprint density at radius 2 is 2.12 bits per heavy atom. The smallest absolute Gasteiger partial charge is 0.310 e. The van der Waals surface area contributed by atoms with Crippen molar-refractivity contribution in [2.45, 2.75) is 38.5 Å². The Morgan fingerprint density at radius 1 is 1.38 bits per heavy atom. The van der Waals surface area contributed by atoms with Gasteiger partial charge in [0.1, 0.15) is 17.2 Å². The molecule has 24 heavy (non-hydrogen) atoms. The summed E-state index contributed by atoms with van der Waals surface area (Å²) in [4.78, 5) is 12.2. The van der Waals surface area contributed by atoms with Gasteiger partial charge in [0.25, 0.3) is 0 Å². The summed E-state index contributed by atoms with van der Waals surface area (Å²) in [7, 11) is -3.73. The van der Waals surface area contributed by atoms with E-state index < -0.39 is 15.9 Å². The van der Waals surface area contributed by atoms with Crippen LogP contribution in [0.1, 0.15) is 31.2 Å². The molecule has 136 valence electrons. The highest BCUT2D eigenvalue weighted by Crippen LogP contribution is 2.28. The highest BCUT2D eigenvalue weighted by atomic mass is 32.2. The zero-order valence-corrected chi connectivity index (χ0v) is 15.1. The minimum atomic E-state index is -3.73. The van der Waals surface area contributed by atoms with Crippen molar-refractivity contribution in [2.24, 2.45) is 5.92 Å². The van der Waals surface area contributed by atoms with Crippen molar-refractivity contribution in [3.05, 3.63) is 11.5 Å². The topological polar surface area (TPSA) is 98.9 Å². The van der Waals surface area contributed by atoms with E-state index >= 15 is 0 Å². The minimum absolute atomic E-state index is 0.0906. The van der Waals surface area contributed by atoms with Crippen LogP contribution in [-0.2, 0) is 24.3 Å². The number of piperidine rings is 1. The zero-order valence-electron chi connectivity index (χ0n) is 14.3. The van der Waals surface area contributed by atoms with Crippen molar-refractivity contribution in [1.29, 1.82) is 0 Å². The maximum Gasteiger partial charge on any atom is 0.310 e. The molecule has 1 aromatic heterocycles. The number of nitrogens with zero attached hydrogens (tertiary/aromatic N) is 2. The fourth-order valence-corrected chi connectivity index (χ4v) is 4.60. The summed E-state index contributed by atoms with van der Waals surface area (Å²) in [6, 6.07) is 0. The fraction of sp³-hybridized carbons (Fsp3) is 0.733. The normalized spacial score (nSPS) is 19.4. The number of aromatic nitrogens is 1. The predicted molar refractivity (Wildman–Crippen MR) is 84.9 cm³/mol. The second-order valence-electron chi connectivity index (χ2n) is 5.72. The maximum atomic E-state index is 12.8. The van der Waals surface area contributed by atoms with Crippen molar-refractivity contribution < 1.29 is 27.2 Å². The van der Waals surface area contributed by atoms with E-state index in [2.05, 4.69) is 5.16 Å². The Kier molecular flexibility index (Phi) is 6.36. The van der Waals surface area contributed by atoms with Crippen LogP contribution in [0.5, 0.6) is 0 Å². The third kappa shape index (κ3) is 4.14. The van der Waals surface area contributed by atoms with E-state index in [1.807, 2.05) is 6.92 Å². The molecule has 9 heteroatoms. The van der Waals surface area contributed by atoms with Gasteiger partial charge in [-0.25, -0.2) is 8.42 Å². The molecule has 0 saturated carbocycles. The van der Waals surface area contributed by atoms with Gasteiger partial charge in [-0.05, 0) is 33.6 Å². The molecule has 1 aliphatic heterocycles. The molecule has 0 bridgehead atoms. The van der Waals surface area contributed by atoms with E-state index in [0.29, 0.717) is 38.3 Å². The van der Waals surface area contributed by atoms with Gasteiger partial charge in [0, 0.05) is 19.7 Å². The highest BCUT2D eigenvalue weighted by Gasteiger charge is 2.36. The number of carbonyl (C=O) groups is 1. The standard InChI is InChI=1S/C15H24N2O6S/c1-4-21-8-9-22-15(18)13-6-5-7-17(10-13)24(19,20)14-11(2)16-23-12(14)3/h13H,4-10H2,1-3H3. The van der Waals surface area contributed by atoms with Crippen LogP contribution in [0, 0.1) is 19.8 Å². The molecule has 8 nitrogen and oxygen atoms in total. The Labute approximate surface area is 142 Å². The lowest BCUT2D eigenvalue weighted by Gasteiger charge is -2.30. The number of sulfonamides is 1. The van der Waals surface area contributed by atoms with Gasteiger partial charge >= 0.3 is 5.97 Å². The number of esters is 1. The van der Waals surface area contributed by atoms with Crippen LogP contribution < -0.4 is 0 Å². The van der Waals surface area contributed by atoms with Crippen molar-refractivity contribution in [2.75, 3.05) is 32.9 Å². The molecule has 1 saturated heterocycles. The van der Waals surface area contributed by atoms with E-state index in [1.54, 1.807) is 13.8 Å². The molecule has 0 aliphatic carbocycles. The van der Waals surface area contributed by atoms with Gasteiger partial charge in [-0.15, -0.1) is 0 Å². The molecule has 1 atom stereocenters. The van der Waals surface area contributed by atoms with Gasteiger partial charge in [0.05, 0.1) is 12.5 Å². The summed E-state index contributed by atoms with van der Waals surface area (Å²) < 4.78 is 42.2. The van der Waals surface area contributed by atoms with Crippen LogP contribution in [0.15, 0.2) is 9.42 Å². The first-order valence-electron chi connectivity index (χ1n) is 8.05. The lowest BCUT2D eigenvalue weighted by Crippen LogP contribution is -2.43. The van der Waals surface area contributed by atoms with Crippen LogP contribution in [-0.4, -0.2) is 56.8 Å².